The predicted octanol–water partition coefficient (Wildman–Crippen LogP) is 2.77. The van der Waals surface area contributed by atoms with Crippen LogP contribution in [0.15, 0.2) is 48.5 Å². The zero-order chi connectivity index (χ0) is 13.8. The van der Waals surface area contributed by atoms with E-state index in [-0.39, 0.29) is 11.7 Å². The van der Waals surface area contributed by atoms with E-state index in [2.05, 4.69) is 5.32 Å². The monoisotopic (exact) mass is 258 g/mol. The fourth-order valence-electron chi connectivity index (χ4n) is 1.75. The van der Waals surface area contributed by atoms with Crippen LogP contribution in [0.2, 0.25) is 0 Å². The van der Waals surface area contributed by atoms with Crippen LogP contribution < -0.4 is 11.1 Å². The molecule has 2 rings (SSSR count). The van der Waals surface area contributed by atoms with E-state index in [1.165, 1.54) is 12.1 Å². The lowest BCUT2D eigenvalue weighted by Gasteiger charge is -2.13. The highest BCUT2D eigenvalue weighted by Crippen LogP contribution is 2.16. The summed E-state index contributed by atoms with van der Waals surface area (Å²) in [5, 5.41) is 2.68. The minimum absolute atomic E-state index is 0.301. The number of benzene rings is 2. The summed E-state index contributed by atoms with van der Waals surface area (Å²) in [4.78, 5) is 12.0. The summed E-state index contributed by atoms with van der Waals surface area (Å²) in [6, 6.07) is 12.8. The molecule has 2 aromatic rings. The first-order valence-electron chi connectivity index (χ1n) is 5.95. The van der Waals surface area contributed by atoms with Crippen LogP contribution in [0, 0.1) is 12.7 Å². The van der Waals surface area contributed by atoms with Crippen LogP contribution in [0.4, 0.5) is 10.1 Å². The topological polar surface area (TPSA) is 55.1 Å². The SMILES string of the molecule is Cc1cc(NC(=O)C(N)c2ccccc2)ccc1F. The van der Waals surface area contributed by atoms with Gasteiger partial charge in [-0.1, -0.05) is 30.3 Å². The summed E-state index contributed by atoms with van der Waals surface area (Å²) < 4.78 is 13.1. The van der Waals surface area contributed by atoms with Gasteiger partial charge >= 0.3 is 0 Å². The number of aryl methyl sites for hydroxylation is 1. The van der Waals surface area contributed by atoms with Crippen LogP contribution in [-0.2, 0) is 4.79 Å². The van der Waals surface area contributed by atoms with Gasteiger partial charge in [0.1, 0.15) is 11.9 Å². The van der Waals surface area contributed by atoms with Crippen molar-refractivity contribution in [1.29, 1.82) is 0 Å². The Balaban J connectivity index is 2.10. The first-order valence-corrected chi connectivity index (χ1v) is 5.95. The highest BCUT2D eigenvalue weighted by atomic mass is 19.1. The molecule has 0 heterocycles. The molecule has 0 saturated heterocycles. The third-order valence-corrected chi connectivity index (χ3v) is 2.87. The maximum Gasteiger partial charge on any atom is 0.245 e. The molecular weight excluding hydrogens is 243 g/mol. The number of nitrogens with one attached hydrogen (secondary N) is 1. The Morgan fingerprint density at radius 3 is 2.53 bits per heavy atom. The van der Waals surface area contributed by atoms with Crippen molar-refractivity contribution in [2.45, 2.75) is 13.0 Å². The van der Waals surface area contributed by atoms with E-state index < -0.39 is 6.04 Å². The quantitative estimate of drug-likeness (QED) is 0.889. The highest BCUT2D eigenvalue weighted by molar-refractivity contribution is 5.95. The van der Waals surface area contributed by atoms with Gasteiger partial charge in [-0.3, -0.25) is 4.79 Å². The smallest absolute Gasteiger partial charge is 0.245 e. The molecule has 1 atom stereocenters. The summed E-state index contributed by atoms with van der Waals surface area (Å²) >= 11 is 0. The summed E-state index contributed by atoms with van der Waals surface area (Å²) in [6.07, 6.45) is 0. The summed E-state index contributed by atoms with van der Waals surface area (Å²) in [5.74, 6) is -0.623. The average molecular weight is 258 g/mol. The number of nitrogens with two attached hydrogens (primary N) is 1. The summed E-state index contributed by atoms with van der Waals surface area (Å²) in [5.41, 5.74) is 7.62. The minimum atomic E-state index is -0.744. The van der Waals surface area contributed by atoms with E-state index in [1.807, 2.05) is 18.2 Å². The molecular formula is C15H15FN2O. The van der Waals surface area contributed by atoms with Gasteiger partial charge in [0.05, 0.1) is 0 Å². The number of anilines is 1. The molecule has 1 amide bonds. The van der Waals surface area contributed by atoms with Crippen LogP contribution in [0.3, 0.4) is 0 Å². The molecule has 19 heavy (non-hydrogen) atoms. The zero-order valence-corrected chi connectivity index (χ0v) is 10.6. The maximum absolute atomic E-state index is 13.1. The van der Waals surface area contributed by atoms with Gasteiger partial charge in [0.15, 0.2) is 0 Å². The number of hydrogen-bond donors (Lipinski definition) is 2. The number of carbonyl (C=O) groups is 1. The second-order valence-corrected chi connectivity index (χ2v) is 4.34. The lowest BCUT2D eigenvalue weighted by Crippen LogP contribution is -2.27. The number of rotatable bonds is 3. The summed E-state index contributed by atoms with van der Waals surface area (Å²) in [6.45, 7) is 1.64. The van der Waals surface area contributed by atoms with E-state index in [0.29, 0.717) is 11.3 Å². The van der Waals surface area contributed by atoms with Gasteiger partial charge in [-0.25, -0.2) is 4.39 Å². The Morgan fingerprint density at radius 2 is 1.89 bits per heavy atom. The lowest BCUT2D eigenvalue weighted by atomic mass is 10.1. The molecule has 0 aromatic heterocycles. The number of amides is 1. The van der Waals surface area contributed by atoms with Crippen LogP contribution in [0.5, 0.6) is 0 Å². The van der Waals surface area contributed by atoms with Gasteiger partial charge in [0.2, 0.25) is 5.91 Å². The van der Waals surface area contributed by atoms with Gasteiger partial charge < -0.3 is 11.1 Å². The Labute approximate surface area is 111 Å². The standard InChI is InChI=1S/C15H15FN2O/c1-10-9-12(7-8-13(10)16)18-15(19)14(17)11-5-3-2-4-6-11/h2-9,14H,17H2,1H3,(H,18,19). The molecule has 0 radical (unpaired) electrons. The fraction of sp³-hybridized carbons (Fsp3) is 0.133. The van der Waals surface area contributed by atoms with Crippen LogP contribution in [0.1, 0.15) is 17.2 Å². The van der Waals surface area contributed by atoms with Crippen molar-refractivity contribution in [3.63, 3.8) is 0 Å². The van der Waals surface area contributed by atoms with E-state index in [4.69, 9.17) is 5.73 Å². The summed E-state index contributed by atoms with van der Waals surface area (Å²) in [7, 11) is 0. The van der Waals surface area contributed by atoms with Crippen LogP contribution in [-0.4, -0.2) is 5.91 Å². The number of carbonyl (C=O) groups excluding carboxylic acids is 1. The molecule has 3 N–H and O–H groups in total. The normalized spacial score (nSPS) is 11.9. The number of hydrogen-bond acceptors (Lipinski definition) is 2. The van der Waals surface area contributed by atoms with Crippen molar-refractivity contribution in [2.24, 2.45) is 5.73 Å². The van der Waals surface area contributed by atoms with Crippen molar-refractivity contribution < 1.29 is 9.18 Å². The largest absolute Gasteiger partial charge is 0.324 e. The Morgan fingerprint density at radius 1 is 1.21 bits per heavy atom. The van der Waals surface area contributed by atoms with Crippen molar-refractivity contribution in [1.82, 2.24) is 0 Å². The molecule has 0 fully saturated rings. The third-order valence-electron chi connectivity index (χ3n) is 2.87. The molecule has 98 valence electrons. The second kappa shape index (κ2) is 5.63. The van der Waals surface area contributed by atoms with Gasteiger partial charge in [-0.05, 0) is 36.2 Å². The maximum atomic E-state index is 13.1. The fourth-order valence-corrected chi connectivity index (χ4v) is 1.75. The molecule has 0 spiro atoms. The number of halogens is 1. The highest BCUT2D eigenvalue weighted by Gasteiger charge is 2.15. The van der Waals surface area contributed by atoms with Gasteiger partial charge in [-0.15, -0.1) is 0 Å². The molecule has 3 nitrogen and oxygen atoms in total. The Kier molecular flexibility index (Phi) is 3.92. The van der Waals surface area contributed by atoms with Crippen LogP contribution >= 0.6 is 0 Å². The molecule has 0 aliphatic rings. The van der Waals surface area contributed by atoms with Crippen molar-refractivity contribution in [2.75, 3.05) is 5.32 Å². The van der Waals surface area contributed by atoms with E-state index in [1.54, 1.807) is 25.1 Å². The minimum Gasteiger partial charge on any atom is -0.324 e. The van der Waals surface area contributed by atoms with Gasteiger partial charge in [0, 0.05) is 5.69 Å². The van der Waals surface area contributed by atoms with Crippen molar-refractivity contribution in [3.05, 3.63) is 65.5 Å². The predicted molar refractivity (Wildman–Crippen MR) is 73.1 cm³/mol. The Bertz CT molecular complexity index is 584. The molecule has 1 unspecified atom stereocenters. The first kappa shape index (κ1) is 13.2. The van der Waals surface area contributed by atoms with Crippen LogP contribution in [0.25, 0.3) is 0 Å². The van der Waals surface area contributed by atoms with E-state index in [0.717, 1.165) is 5.56 Å². The van der Waals surface area contributed by atoms with E-state index in [9.17, 15) is 9.18 Å². The zero-order valence-electron chi connectivity index (χ0n) is 10.6. The third kappa shape index (κ3) is 3.17. The Hall–Kier alpha value is -2.20. The molecule has 0 bridgehead atoms. The second-order valence-electron chi connectivity index (χ2n) is 4.34. The average Bonchev–Trinajstić information content (AvgIpc) is 2.43. The van der Waals surface area contributed by atoms with Gasteiger partial charge in [-0.2, -0.15) is 0 Å². The van der Waals surface area contributed by atoms with Crippen molar-refractivity contribution in [3.8, 4) is 0 Å². The molecule has 2 aromatic carbocycles. The molecule has 4 heteroatoms. The molecule has 0 aliphatic carbocycles. The molecule has 0 aliphatic heterocycles. The van der Waals surface area contributed by atoms with Crippen molar-refractivity contribution >= 4 is 11.6 Å². The van der Waals surface area contributed by atoms with Gasteiger partial charge in [0.25, 0.3) is 0 Å². The molecule has 0 saturated carbocycles. The van der Waals surface area contributed by atoms with E-state index >= 15 is 0 Å². The lowest BCUT2D eigenvalue weighted by molar-refractivity contribution is -0.117. The first-order chi connectivity index (χ1) is 9.08.